The monoisotopic (exact) mass is 543 g/mol. The van der Waals surface area contributed by atoms with Crippen molar-refractivity contribution in [1.82, 2.24) is 9.62 Å². The molecule has 0 atom stereocenters. The molecule has 1 fully saturated rings. The normalized spacial score (nSPS) is 14.7. The number of rotatable bonds is 9. The molecule has 0 bridgehead atoms. The highest BCUT2D eigenvalue weighted by Crippen LogP contribution is 2.28. The number of amides is 2. The number of benzene rings is 2. The average molecular weight is 544 g/mol. The number of nitro benzene ring substituents is 1. The second-order valence-corrected chi connectivity index (χ2v) is 11.8. The van der Waals surface area contributed by atoms with Gasteiger partial charge in [0, 0.05) is 53.0 Å². The van der Waals surface area contributed by atoms with Crippen LogP contribution >= 0.6 is 11.3 Å². The van der Waals surface area contributed by atoms with Crippen molar-refractivity contribution in [3.8, 4) is 0 Å². The Bertz CT molecular complexity index is 1400. The first kappa shape index (κ1) is 26.3. The first-order chi connectivity index (χ1) is 17.6. The number of thiophene rings is 1. The van der Waals surface area contributed by atoms with Crippen molar-refractivity contribution < 1.29 is 22.9 Å². The molecule has 4 N–H and O–H groups in total. The Kier molecular flexibility index (Phi) is 7.86. The van der Waals surface area contributed by atoms with Gasteiger partial charge < -0.3 is 16.4 Å². The standard InChI is InChI=1S/C24H25N5O6S2/c25-23(30)16-1-5-18(6-2-16)27-19-11-13-28(14-12-19)37(34,35)22-10-9-21(36-22)15-26-24(31)17-3-7-20(8-4-17)29(32)33/h1-10,19,27H,11-15H2,(H2,25,30)(H,26,31). The van der Waals surface area contributed by atoms with Crippen molar-refractivity contribution in [2.24, 2.45) is 5.73 Å². The Morgan fingerprint density at radius 1 is 1.00 bits per heavy atom. The SMILES string of the molecule is NC(=O)c1ccc(NC2CCN(S(=O)(=O)c3ccc(CNC(=O)c4ccc([N+](=O)[O-])cc4)s3)CC2)cc1. The fraction of sp³-hybridized carbons (Fsp3) is 0.250. The summed E-state index contributed by atoms with van der Waals surface area (Å²) in [5.41, 5.74) is 6.69. The average Bonchev–Trinajstić information content (AvgIpc) is 3.38. The third-order valence-corrected chi connectivity index (χ3v) is 9.44. The van der Waals surface area contributed by atoms with Crippen LogP contribution in [0.3, 0.4) is 0 Å². The second-order valence-electron chi connectivity index (χ2n) is 8.47. The van der Waals surface area contributed by atoms with Crippen LogP contribution in [0.5, 0.6) is 0 Å². The van der Waals surface area contributed by atoms with E-state index in [9.17, 15) is 28.1 Å². The van der Waals surface area contributed by atoms with Gasteiger partial charge in [-0.2, -0.15) is 4.31 Å². The van der Waals surface area contributed by atoms with Gasteiger partial charge in [-0.1, -0.05) is 0 Å². The zero-order valence-electron chi connectivity index (χ0n) is 19.6. The first-order valence-electron chi connectivity index (χ1n) is 11.4. The molecule has 0 saturated carbocycles. The van der Waals surface area contributed by atoms with Gasteiger partial charge in [-0.05, 0) is 61.4 Å². The molecule has 2 aromatic carbocycles. The molecule has 0 aliphatic carbocycles. The molecule has 4 rings (SSSR count). The Labute approximate surface area is 217 Å². The Balaban J connectivity index is 1.29. The zero-order valence-corrected chi connectivity index (χ0v) is 21.3. The first-order valence-corrected chi connectivity index (χ1v) is 13.7. The number of nitro groups is 1. The van der Waals surface area contributed by atoms with Gasteiger partial charge in [-0.15, -0.1) is 11.3 Å². The molecular weight excluding hydrogens is 518 g/mol. The van der Waals surface area contributed by atoms with E-state index >= 15 is 0 Å². The lowest BCUT2D eigenvalue weighted by molar-refractivity contribution is -0.384. The van der Waals surface area contributed by atoms with Crippen LogP contribution in [0.2, 0.25) is 0 Å². The third-order valence-electron chi connectivity index (χ3n) is 5.99. The molecule has 13 heteroatoms. The van der Waals surface area contributed by atoms with Crippen LogP contribution in [-0.2, 0) is 16.6 Å². The molecule has 37 heavy (non-hydrogen) atoms. The molecule has 0 unspecified atom stereocenters. The summed E-state index contributed by atoms with van der Waals surface area (Å²) in [7, 11) is -3.66. The van der Waals surface area contributed by atoms with E-state index in [0.717, 1.165) is 17.0 Å². The summed E-state index contributed by atoms with van der Waals surface area (Å²) in [6, 6.07) is 15.4. The van der Waals surface area contributed by atoms with Gasteiger partial charge in [0.1, 0.15) is 4.21 Å². The maximum Gasteiger partial charge on any atom is 0.269 e. The van der Waals surface area contributed by atoms with Crippen molar-refractivity contribution in [3.05, 3.63) is 86.8 Å². The second kappa shape index (κ2) is 11.1. The molecule has 11 nitrogen and oxygen atoms in total. The smallest absolute Gasteiger partial charge is 0.269 e. The highest BCUT2D eigenvalue weighted by Gasteiger charge is 2.30. The highest BCUT2D eigenvalue weighted by atomic mass is 32.2. The summed E-state index contributed by atoms with van der Waals surface area (Å²) >= 11 is 1.10. The molecule has 1 aromatic heterocycles. The number of carbonyl (C=O) groups is 2. The molecule has 0 spiro atoms. The van der Waals surface area contributed by atoms with E-state index in [0.29, 0.717) is 36.4 Å². The number of non-ortho nitro benzene ring substituents is 1. The minimum atomic E-state index is -3.66. The van der Waals surface area contributed by atoms with Gasteiger partial charge in [0.2, 0.25) is 5.91 Å². The van der Waals surface area contributed by atoms with Crippen molar-refractivity contribution >= 4 is 44.5 Å². The summed E-state index contributed by atoms with van der Waals surface area (Å²) in [4.78, 5) is 34.4. The molecule has 1 aliphatic heterocycles. The largest absolute Gasteiger partial charge is 0.382 e. The molecular formula is C24H25N5O6S2. The van der Waals surface area contributed by atoms with E-state index in [2.05, 4.69) is 10.6 Å². The quantitative estimate of drug-likeness (QED) is 0.276. The number of anilines is 1. The lowest BCUT2D eigenvalue weighted by Gasteiger charge is -2.31. The molecule has 1 saturated heterocycles. The number of nitrogens with zero attached hydrogens (tertiary/aromatic N) is 2. The van der Waals surface area contributed by atoms with Crippen LogP contribution in [0.4, 0.5) is 11.4 Å². The van der Waals surface area contributed by atoms with E-state index in [1.54, 1.807) is 30.3 Å². The van der Waals surface area contributed by atoms with Crippen molar-refractivity contribution in [2.75, 3.05) is 18.4 Å². The number of carbonyl (C=O) groups excluding carboxylic acids is 2. The number of hydrogen-bond acceptors (Lipinski definition) is 8. The zero-order chi connectivity index (χ0) is 26.6. The van der Waals surface area contributed by atoms with E-state index < -0.39 is 26.8 Å². The fourth-order valence-electron chi connectivity index (χ4n) is 3.93. The lowest BCUT2D eigenvalue weighted by Crippen LogP contribution is -2.42. The Morgan fingerprint density at radius 2 is 1.62 bits per heavy atom. The number of piperidine rings is 1. The number of primary amides is 1. The number of hydrogen-bond donors (Lipinski definition) is 3. The maximum atomic E-state index is 13.1. The van der Waals surface area contributed by atoms with Gasteiger partial charge >= 0.3 is 0 Å². The number of sulfonamides is 1. The molecule has 1 aliphatic rings. The van der Waals surface area contributed by atoms with Crippen LogP contribution in [0.15, 0.2) is 64.9 Å². The molecule has 3 aromatic rings. The summed E-state index contributed by atoms with van der Waals surface area (Å²) in [6.07, 6.45) is 1.25. The van der Waals surface area contributed by atoms with Gasteiger partial charge in [-0.3, -0.25) is 19.7 Å². The Morgan fingerprint density at radius 3 is 2.22 bits per heavy atom. The summed E-state index contributed by atoms with van der Waals surface area (Å²) in [5.74, 6) is -0.903. The summed E-state index contributed by atoms with van der Waals surface area (Å²) < 4.78 is 28.0. The fourth-order valence-corrected chi connectivity index (χ4v) is 6.85. The van der Waals surface area contributed by atoms with E-state index in [-0.39, 0.29) is 28.0 Å². The van der Waals surface area contributed by atoms with Crippen LogP contribution in [0, 0.1) is 10.1 Å². The lowest BCUT2D eigenvalue weighted by atomic mass is 10.1. The molecule has 0 radical (unpaired) electrons. The summed E-state index contributed by atoms with van der Waals surface area (Å²) in [5, 5.41) is 16.8. The highest BCUT2D eigenvalue weighted by molar-refractivity contribution is 7.91. The molecule has 194 valence electrons. The van der Waals surface area contributed by atoms with Crippen LogP contribution in [0.25, 0.3) is 0 Å². The topological polar surface area (TPSA) is 165 Å². The van der Waals surface area contributed by atoms with Gasteiger partial charge in [-0.25, -0.2) is 8.42 Å². The van der Waals surface area contributed by atoms with Crippen LogP contribution < -0.4 is 16.4 Å². The predicted molar refractivity (Wildman–Crippen MR) is 139 cm³/mol. The van der Waals surface area contributed by atoms with Crippen LogP contribution in [-0.4, -0.2) is 48.6 Å². The van der Waals surface area contributed by atoms with Crippen molar-refractivity contribution in [2.45, 2.75) is 29.6 Å². The van der Waals surface area contributed by atoms with E-state index in [1.807, 2.05) is 0 Å². The van der Waals surface area contributed by atoms with Gasteiger partial charge in [0.15, 0.2) is 0 Å². The Hall–Kier alpha value is -3.81. The van der Waals surface area contributed by atoms with Gasteiger partial charge in [0.05, 0.1) is 11.5 Å². The maximum absolute atomic E-state index is 13.1. The summed E-state index contributed by atoms with van der Waals surface area (Å²) in [6.45, 7) is 0.865. The van der Waals surface area contributed by atoms with Crippen molar-refractivity contribution in [1.29, 1.82) is 0 Å². The third kappa shape index (κ3) is 6.31. The number of nitrogens with one attached hydrogen (secondary N) is 2. The van der Waals surface area contributed by atoms with E-state index in [4.69, 9.17) is 5.73 Å². The van der Waals surface area contributed by atoms with Crippen molar-refractivity contribution in [3.63, 3.8) is 0 Å². The van der Waals surface area contributed by atoms with Gasteiger partial charge in [0.25, 0.3) is 21.6 Å². The number of nitrogens with two attached hydrogens (primary N) is 1. The predicted octanol–water partition coefficient (Wildman–Crippen LogP) is 2.95. The van der Waals surface area contributed by atoms with Crippen LogP contribution in [0.1, 0.15) is 38.4 Å². The minimum Gasteiger partial charge on any atom is -0.382 e. The molecule has 2 amide bonds. The molecule has 2 heterocycles. The van der Waals surface area contributed by atoms with E-state index in [1.165, 1.54) is 34.6 Å². The minimum absolute atomic E-state index is 0.0967.